The van der Waals surface area contributed by atoms with Gasteiger partial charge in [-0.05, 0) is 49.9 Å². The minimum absolute atomic E-state index is 0.623. The molecular formula is C16H21N5. The van der Waals surface area contributed by atoms with E-state index in [2.05, 4.69) is 46.2 Å². The minimum Gasteiger partial charge on any atom is -0.393 e. The van der Waals surface area contributed by atoms with Gasteiger partial charge in [-0.2, -0.15) is 0 Å². The summed E-state index contributed by atoms with van der Waals surface area (Å²) in [7, 11) is 0. The smallest absolute Gasteiger partial charge is 0.159 e. The summed E-state index contributed by atoms with van der Waals surface area (Å²) >= 11 is 0. The summed E-state index contributed by atoms with van der Waals surface area (Å²) in [6.07, 6.45) is 3.97. The van der Waals surface area contributed by atoms with Gasteiger partial charge in [0.1, 0.15) is 12.0 Å². The SMILES string of the molecule is Cc1ccc(Nc2ncnc(N3CCCC3)c2N)cc1C. The molecule has 0 atom stereocenters. The van der Waals surface area contributed by atoms with E-state index in [0.717, 1.165) is 24.6 Å². The standard InChI is InChI=1S/C16H21N5/c1-11-5-6-13(9-12(11)2)20-15-14(17)16(19-10-18-15)21-7-3-4-8-21/h5-6,9-10H,3-4,7-8,17H2,1-2H3,(H,18,19,20). The Morgan fingerprint density at radius 2 is 1.86 bits per heavy atom. The molecule has 1 saturated heterocycles. The van der Waals surface area contributed by atoms with Crippen LogP contribution in [-0.2, 0) is 0 Å². The molecule has 1 fully saturated rings. The fourth-order valence-electron chi connectivity index (χ4n) is 2.62. The molecule has 1 aromatic carbocycles. The van der Waals surface area contributed by atoms with Gasteiger partial charge in [0.15, 0.2) is 11.6 Å². The van der Waals surface area contributed by atoms with Crippen molar-refractivity contribution in [2.45, 2.75) is 26.7 Å². The molecule has 0 bridgehead atoms. The van der Waals surface area contributed by atoms with Gasteiger partial charge in [0.2, 0.25) is 0 Å². The van der Waals surface area contributed by atoms with E-state index in [0.29, 0.717) is 11.5 Å². The van der Waals surface area contributed by atoms with Gasteiger partial charge in [-0.25, -0.2) is 9.97 Å². The summed E-state index contributed by atoms with van der Waals surface area (Å²) in [5, 5.41) is 3.30. The maximum absolute atomic E-state index is 6.25. The van der Waals surface area contributed by atoms with Gasteiger partial charge in [0.25, 0.3) is 0 Å². The van der Waals surface area contributed by atoms with E-state index >= 15 is 0 Å². The third kappa shape index (κ3) is 2.77. The number of anilines is 4. The summed E-state index contributed by atoms with van der Waals surface area (Å²) in [5.74, 6) is 1.52. The zero-order valence-electron chi connectivity index (χ0n) is 12.6. The van der Waals surface area contributed by atoms with E-state index < -0.39 is 0 Å². The van der Waals surface area contributed by atoms with E-state index in [1.165, 1.54) is 24.0 Å². The Kier molecular flexibility index (Phi) is 3.64. The van der Waals surface area contributed by atoms with Gasteiger partial charge in [-0.15, -0.1) is 0 Å². The summed E-state index contributed by atoms with van der Waals surface area (Å²) < 4.78 is 0. The van der Waals surface area contributed by atoms with Crippen molar-refractivity contribution in [1.82, 2.24) is 9.97 Å². The van der Waals surface area contributed by atoms with E-state index in [1.54, 1.807) is 6.33 Å². The summed E-state index contributed by atoms with van der Waals surface area (Å²) in [6.45, 7) is 6.23. The van der Waals surface area contributed by atoms with Crippen molar-refractivity contribution in [3.8, 4) is 0 Å². The minimum atomic E-state index is 0.623. The van der Waals surface area contributed by atoms with Crippen molar-refractivity contribution in [1.29, 1.82) is 0 Å². The molecule has 1 aliphatic heterocycles. The molecule has 3 N–H and O–H groups in total. The van der Waals surface area contributed by atoms with Crippen LogP contribution in [-0.4, -0.2) is 23.1 Å². The van der Waals surface area contributed by atoms with Gasteiger partial charge >= 0.3 is 0 Å². The normalized spacial score (nSPS) is 14.5. The lowest BCUT2D eigenvalue weighted by Gasteiger charge is -2.19. The van der Waals surface area contributed by atoms with Crippen LogP contribution in [0.3, 0.4) is 0 Å². The molecule has 0 radical (unpaired) electrons. The Morgan fingerprint density at radius 3 is 2.57 bits per heavy atom. The van der Waals surface area contributed by atoms with Crippen molar-refractivity contribution >= 4 is 23.0 Å². The Hall–Kier alpha value is -2.30. The van der Waals surface area contributed by atoms with Crippen LogP contribution in [0.5, 0.6) is 0 Å². The molecule has 0 amide bonds. The number of aromatic nitrogens is 2. The summed E-state index contributed by atoms with van der Waals surface area (Å²) in [6, 6.07) is 6.24. The molecule has 110 valence electrons. The van der Waals surface area contributed by atoms with Gasteiger partial charge in [-0.1, -0.05) is 6.07 Å². The molecule has 21 heavy (non-hydrogen) atoms. The number of aryl methyl sites for hydroxylation is 2. The highest BCUT2D eigenvalue weighted by Gasteiger charge is 2.18. The molecule has 5 nitrogen and oxygen atoms in total. The first-order valence-corrected chi connectivity index (χ1v) is 7.35. The second-order valence-electron chi connectivity index (χ2n) is 5.58. The Balaban J connectivity index is 1.88. The molecule has 2 heterocycles. The zero-order valence-corrected chi connectivity index (χ0v) is 12.6. The molecule has 0 spiro atoms. The topological polar surface area (TPSA) is 67.1 Å². The second kappa shape index (κ2) is 5.60. The van der Waals surface area contributed by atoms with Gasteiger partial charge in [0, 0.05) is 18.8 Å². The summed E-state index contributed by atoms with van der Waals surface area (Å²) in [5.41, 5.74) is 10.4. The molecule has 3 rings (SSSR count). The number of hydrogen-bond acceptors (Lipinski definition) is 5. The number of hydrogen-bond donors (Lipinski definition) is 2. The van der Waals surface area contributed by atoms with Crippen LogP contribution in [0.25, 0.3) is 0 Å². The fourth-order valence-corrected chi connectivity index (χ4v) is 2.62. The molecule has 0 saturated carbocycles. The number of rotatable bonds is 3. The number of nitrogen functional groups attached to an aromatic ring is 1. The second-order valence-corrected chi connectivity index (χ2v) is 5.58. The Labute approximate surface area is 125 Å². The monoisotopic (exact) mass is 283 g/mol. The highest BCUT2D eigenvalue weighted by molar-refractivity contribution is 5.78. The third-order valence-corrected chi connectivity index (χ3v) is 4.04. The van der Waals surface area contributed by atoms with Crippen molar-refractivity contribution in [2.75, 3.05) is 29.0 Å². The predicted molar refractivity (Wildman–Crippen MR) is 87.1 cm³/mol. The first-order valence-electron chi connectivity index (χ1n) is 7.35. The van der Waals surface area contributed by atoms with E-state index in [-0.39, 0.29) is 0 Å². The lowest BCUT2D eigenvalue weighted by molar-refractivity contribution is 0.931. The number of nitrogens with one attached hydrogen (secondary N) is 1. The molecule has 5 heteroatoms. The van der Waals surface area contributed by atoms with Crippen molar-refractivity contribution in [3.63, 3.8) is 0 Å². The quantitative estimate of drug-likeness (QED) is 0.906. The number of nitrogens with two attached hydrogens (primary N) is 1. The largest absolute Gasteiger partial charge is 0.393 e. The highest BCUT2D eigenvalue weighted by Crippen LogP contribution is 2.30. The van der Waals surface area contributed by atoms with Crippen LogP contribution in [0.4, 0.5) is 23.0 Å². The molecule has 2 aromatic rings. The van der Waals surface area contributed by atoms with Crippen LogP contribution in [0.2, 0.25) is 0 Å². The van der Waals surface area contributed by atoms with Crippen LogP contribution >= 0.6 is 0 Å². The number of nitrogens with zero attached hydrogens (tertiary/aromatic N) is 3. The Morgan fingerprint density at radius 1 is 1.10 bits per heavy atom. The third-order valence-electron chi connectivity index (χ3n) is 4.04. The maximum atomic E-state index is 6.25. The summed E-state index contributed by atoms with van der Waals surface area (Å²) in [4.78, 5) is 10.9. The van der Waals surface area contributed by atoms with Gasteiger partial charge < -0.3 is 16.0 Å². The zero-order chi connectivity index (χ0) is 14.8. The predicted octanol–water partition coefficient (Wildman–Crippen LogP) is 3.02. The van der Waals surface area contributed by atoms with E-state index in [9.17, 15) is 0 Å². The Bertz CT molecular complexity index is 647. The molecule has 0 unspecified atom stereocenters. The van der Waals surface area contributed by atoms with Crippen molar-refractivity contribution in [2.24, 2.45) is 0 Å². The van der Waals surface area contributed by atoms with E-state index in [1.807, 2.05) is 6.07 Å². The van der Waals surface area contributed by atoms with Crippen LogP contribution in [0.15, 0.2) is 24.5 Å². The van der Waals surface area contributed by atoms with Crippen molar-refractivity contribution < 1.29 is 0 Å². The lowest BCUT2D eigenvalue weighted by Crippen LogP contribution is -2.21. The van der Waals surface area contributed by atoms with Crippen LogP contribution in [0, 0.1) is 13.8 Å². The highest BCUT2D eigenvalue weighted by atomic mass is 15.2. The van der Waals surface area contributed by atoms with Crippen LogP contribution in [0.1, 0.15) is 24.0 Å². The average molecular weight is 283 g/mol. The van der Waals surface area contributed by atoms with E-state index in [4.69, 9.17) is 5.73 Å². The number of benzene rings is 1. The van der Waals surface area contributed by atoms with Crippen LogP contribution < -0.4 is 16.0 Å². The molecule has 1 aliphatic rings. The molecule has 1 aromatic heterocycles. The first kappa shape index (κ1) is 13.7. The lowest BCUT2D eigenvalue weighted by atomic mass is 10.1. The van der Waals surface area contributed by atoms with Gasteiger partial charge in [-0.3, -0.25) is 0 Å². The maximum Gasteiger partial charge on any atom is 0.159 e. The molecular weight excluding hydrogens is 262 g/mol. The van der Waals surface area contributed by atoms with Gasteiger partial charge in [0.05, 0.1) is 0 Å². The average Bonchev–Trinajstić information content (AvgIpc) is 2.99. The molecule has 0 aliphatic carbocycles. The van der Waals surface area contributed by atoms with Crippen molar-refractivity contribution in [3.05, 3.63) is 35.7 Å². The fraction of sp³-hybridized carbons (Fsp3) is 0.375. The first-order chi connectivity index (χ1) is 10.1.